The topological polar surface area (TPSA) is 12.0 Å². The fourth-order valence-electron chi connectivity index (χ4n) is 2.00. The molecule has 2 aromatic rings. The maximum absolute atomic E-state index is 6.12. The molecule has 0 bridgehead atoms. The zero-order chi connectivity index (χ0) is 13.7. The van der Waals surface area contributed by atoms with Crippen LogP contribution in [0.2, 0.25) is 5.02 Å². The van der Waals surface area contributed by atoms with Gasteiger partial charge in [-0.25, -0.2) is 0 Å². The first-order chi connectivity index (χ1) is 9.16. The predicted molar refractivity (Wildman–Crippen MR) is 89.8 cm³/mol. The van der Waals surface area contributed by atoms with Crippen LogP contribution in [-0.4, -0.2) is 0 Å². The van der Waals surface area contributed by atoms with Crippen LogP contribution in [0.25, 0.3) is 0 Å². The highest BCUT2D eigenvalue weighted by Crippen LogP contribution is 2.16. The van der Waals surface area contributed by atoms with Crippen LogP contribution in [0.3, 0.4) is 0 Å². The average molecular weight is 310 g/mol. The molecule has 0 aliphatic heterocycles. The molecule has 0 saturated carbocycles. The van der Waals surface area contributed by atoms with E-state index in [1.54, 1.807) is 0 Å². The van der Waals surface area contributed by atoms with Gasteiger partial charge in [0.1, 0.15) is 0 Å². The molecule has 0 fully saturated rings. The molecule has 0 heterocycles. The summed E-state index contributed by atoms with van der Waals surface area (Å²) in [4.78, 5) is 0. The lowest BCUT2D eigenvalue weighted by atomic mass is 10.0. The van der Waals surface area contributed by atoms with E-state index in [1.165, 1.54) is 11.1 Å². The molecule has 20 heavy (non-hydrogen) atoms. The van der Waals surface area contributed by atoms with Gasteiger partial charge in [0.25, 0.3) is 0 Å². The minimum absolute atomic E-state index is 0. The van der Waals surface area contributed by atoms with Crippen LogP contribution in [0.5, 0.6) is 0 Å². The molecule has 0 amide bonds. The van der Waals surface area contributed by atoms with Crippen LogP contribution in [0, 0.1) is 0 Å². The molecule has 0 spiro atoms. The average Bonchev–Trinajstić information content (AvgIpc) is 2.41. The van der Waals surface area contributed by atoms with Gasteiger partial charge in [0.15, 0.2) is 0 Å². The number of benzene rings is 2. The Balaban J connectivity index is 0.00000200. The van der Waals surface area contributed by atoms with Gasteiger partial charge < -0.3 is 5.32 Å². The van der Waals surface area contributed by atoms with E-state index in [9.17, 15) is 0 Å². The van der Waals surface area contributed by atoms with Gasteiger partial charge in [-0.1, -0.05) is 67.9 Å². The standard InChI is InChI=1S/C17H20ClN.ClH/c1-13(2)15-9-7-14(8-10-15)11-19-12-16-5-3-4-6-17(16)18;/h3-10,13,19H,11-12H2,1-2H3;1H. The quantitative estimate of drug-likeness (QED) is 0.803. The molecule has 2 rings (SSSR count). The van der Waals surface area contributed by atoms with E-state index in [0.717, 1.165) is 23.7 Å². The van der Waals surface area contributed by atoms with E-state index in [1.807, 2.05) is 18.2 Å². The lowest BCUT2D eigenvalue weighted by Gasteiger charge is -2.09. The van der Waals surface area contributed by atoms with Crippen LogP contribution in [0.15, 0.2) is 48.5 Å². The van der Waals surface area contributed by atoms with Crippen molar-refractivity contribution < 1.29 is 0 Å². The number of rotatable bonds is 5. The molecular weight excluding hydrogens is 289 g/mol. The number of hydrogen-bond donors (Lipinski definition) is 1. The maximum Gasteiger partial charge on any atom is 0.0450 e. The zero-order valence-electron chi connectivity index (χ0n) is 11.9. The third-order valence-electron chi connectivity index (χ3n) is 3.25. The molecule has 0 atom stereocenters. The van der Waals surface area contributed by atoms with Gasteiger partial charge in [-0.3, -0.25) is 0 Å². The molecule has 108 valence electrons. The van der Waals surface area contributed by atoms with Gasteiger partial charge in [0, 0.05) is 18.1 Å². The van der Waals surface area contributed by atoms with Gasteiger partial charge in [0.2, 0.25) is 0 Å². The van der Waals surface area contributed by atoms with Gasteiger partial charge in [-0.2, -0.15) is 0 Å². The first kappa shape index (κ1) is 17.0. The summed E-state index contributed by atoms with van der Waals surface area (Å²) >= 11 is 6.12. The minimum atomic E-state index is 0. The van der Waals surface area contributed by atoms with Gasteiger partial charge in [0.05, 0.1) is 0 Å². The fourth-order valence-corrected chi connectivity index (χ4v) is 2.21. The summed E-state index contributed by atoms with van der Waals surface area (Å²) in [6, 6.07) is 16.7. The molecule has 0 aliphatic carbocycles. The van der Waals surface area contributed by atoms with Crippen molar-refractivity contribution >= 4 is 24.0 Å². The Hall–Kier alpha value is -1.02. The summed E-state index contributed by atoms with van der Waals surface area (Å²) in [5.74, 6) is 0.588. The predicted octanol–water partition coefficient (Wildman–Crippen LogP) is 5.18. The van der Waals surface area contributed by atoms with Crippen LogP contribution >= 0.6 is 24.0 Å². The van der Waals surface area contributed by atoms with Crippen molar-refractivity contribution in [1.82, 2.24) is 5.32 Å². The second-order valence-electron chi connectivity index (χ2n) is 5.09. The summed E-state index contributed by atoms with van der Waals surface area (Å²) in [6.07, 6.45) is 0. The maximum atomic E-state index is 6.12. The molecule has 3 heteroatoms. The summed E-state index contributed by atoms with van der Waals surface area (Å²) in [5.41, 5.74) is 3.83. The van der Waals surface area contributed by atoms with Crippen LogP contribution < -0.4 is 5.32 Å². The summed E-state index contributed by atoms with van der Waals surface area (Å²) < 4.78 is 0. The van der Waals surface area contributed by atoms with E-state index in [-0.39, 0.29) is 12.4 Å². The summed E-state index contributed by atoms with van der Waals surface area (Å²) in [5, 5.41) is 4.25. The Morgan fingerprint density at radius 1 is 0.950 bits per heavy atom. The van der Waals surface area contributed by atoms with Crippen molar-refractivity contribution in [1.29, 1.82) is 0 Å². The van der Waals surface area contributed by atoms with Crippen molar-refractivity contribution in [3.05, 3.63) is 70.2 Å². The molecule has 0 unspecified atom stereocenters. The lowest BCUT2D eigenvalue weighted by Crippen LogP contribution is -2.12. The summed E-state index contributed by atoms with van der Waals surface area (Å²) in [6.45, 7) is 6.09. The third kappa shape index (κ3) is 4.82. The number of nitrogens with one attached hydrogen (secondary N) is 1. The van der Waals surface area contributed by atoms with Crippen molar-refractivity contribution in [3.63, 3.8) is 0 Å². The van der Waals surface area contributed by atoms with Crippen molar-refractivity contribution in [2.75, 3.05) is 0 Å². The van der Waals surface area contributed by atoms with Gasteiger partial charge in [-0.15, -0.1) is 12.4 Å². The smallest absolute Gasteiger partial charge is 0.0450 e. The van der Waals surface area contributed by atoms with E-state index >= 15 is 0 Å². The molecule has 0 aromatic heterocycles. The third-order valence-corrected chi connectivity index (χ3v) is 3.62. The second-order valence-corrected chi connectivity index (χ2v) is 5.50. The van der Waals surface area contributed by atoms with E-state index in [2.05, 4.69) is 49.5 Å². The van der Waals surface area contributed by atoms with Gasteiger partial charge >= 0.3 is 0 Å². The minimum Gasteiger partial charge on any atom is -0.309 e. The molecule has 0 saturated heterocycles. The molecule has 2 aromatic carbocycles. The van der Waals surface area contributed by atoms with E-state index < -0.39 is 0 Å². The normalized spacial score (nSPS) is 10.4. The second kappa shape index (κ2) is 8.31. The zero-order valence-corrected chi connectivity index (χ0v) is 13.5. The Bertz CT molecular complexity index is 521. The molecule has 0 radical (unpaired) electrons. The molecular formula is C17H21Cl2N. The first-order valence-corrected chi connectivity index (χ1v) is 7.07. The Kier molecular flexibility index (Phi) is 7.08. The lowest BCUT2D eigenvalue weighted by molar-refractivity contribution is 0.693. The Labute approximate surface area is 132 Å². The highest BCUT2D eigenvalue weighted by atomic mass is 35.5. The molecule has 1 nitrogen and oxygen atoms in total. The summed E-state index contributed by atoms with van der Waals surface area (Å²) in [7, 11) is 0. The molecule has 0 aliphatic rings. The van der Waals surface area contributed by atoms with Crippen LogP contribution in [0.1, 0.15) is 36.5 Å². The van der Waals surface area contributed by atoms with Crippen LogP contribution in [0.4, 0.5) is 0 Å². The first-order valence-electron chi connectivity index (χ1n) is 6.70. The number of halogens is 2. The SMILES string of the molecule is CC(C)c1ccc(CNCc2ccccc2Cl)cc1.Cl. The highest BCUT2D eigenvalue weighted by Gasteiger charge is 2.00. The van der Waals surface area contributed by atoms with Crippen LogP contribution in [-0.2, 0) is 13.1 Å². The van der Waals surface area contributed by atoms with Crippen molar-refractivity contribution in [2.24, 2.45) is 0 Å². The monoisotopic (exact) mass is 309 g/mol. The largest absolute Gasteiger partial charge is 0.309 e. The Morgan fingerprint density at radius 3 is 2.20 bits per heavy atom. The van der Waals surface area contributed by atoms with Crippen molar-refractivity contribution in [3.8, 4) is 0 Å². The number of hydrogen-bond acceptors (Lipinski definition) is 1. The van der Waals surface area contributed by atoms with Gasteiger partial charge in [-0.05, 0) is 28.7 Å². The van der Waals surface area contributed by atoms with Crippen molar-refractivity contribution in [2.45, 2.75) is 32.9 Å². The molecule has 1 N–H and O–H groups in total. The fraction of sp³-hybridized carbons (Fsp3) is 0.294. The van der Waals surface area contributed by atoms with E-state index in [4.69, 9.17) is 11.6 Å². The Morgan fingerprint density at radius 2 is 1.60 bits per heavy atom. The highest BCUT2D eigenvalue weighted by molar-refractivity contribution is 6.31. The van der Waals surface area contributed by atoms with E-state index in [0.29, 0.717) is 5.92 Å².